The van der Waals surface area contributed by atoms with E-state index in [-0.39, 0.29) is 18.2 Å². The molecule has 3 unspecified atom stereocenters. The molecule has 1 aromatic rings. The predicted octanol–water partition coefficient (Wildman–Crippen LogP) is 2.16. The lowest BCUT2D eigenvalue weighted by Gasteiger charge is -2.41. The Hall–Kier alpha value is -0.810. The van der Waals surface area contributed by atoms with E-state index in [0.717, 1.165) is 22.8 Å². The Kier molecular flexibility index (Phi) is 5.05. The Morgan fingerprint density at radius 3 is 2.79 bits per heavy atom. The van der Waals surface area contributed by atoms with Gasteiger partial charge in [0, 0.05) is 24.6 Å². The minimum atomic E-state index is -0.0638. The molecule has 106 valence electrons. The normalized spacial score (nSPS) is 26.0. The van der Waals surface area contributed by atoms with Crippen LogP contribution >= 0.6 is 11.6 Å². The van der Waals surface area contributed by atoms with Crippen LogP contribution in [0.1, 0.15) is 12.0 Å². The summed E-state index contributed by atoms with van der Waals surface area (Å²) in [5.74, 6) is 0.805. The molecule has 1 aliphatic rings. The number of ether oxygens (including phenoxy) is 3. The van der Waals surface area contributed by atoms with Gasteiger partial charge < -0.3 is 19.9 Å². The zero-order chi connectivity index (χ0) is 13.8. The van der Waals surface area contributed by atoms with E-state index >= 15 is 0 Å². The van der Waals surface area contributed by atoms with Crippen LogP contribution in [0.2, 0.25) is 5.02 Å². The molecule has 1 aromatic carbocycles. The van der Waals surface area contributed by atoms with Gasteiger partial charge in [-0.3, -0.25) is 0 Å². The topological polar surface area (TPSA) is 53.7 Å². The first-order valence-corrected chi connectivity index (χ1v) is 6.78. The monoisotopic (exact) mass is 285 g/mol. The van der Waals surface area contributed by atoms with Gasteiger partial charge in [0.25, 0.3) is 0 Å². The average molecular weight is 286 g/mol. The molecular formula is C14H20ClNO3. The maximum atomic E-state index is 5.99. The van der Waals surface area contributed by atoms with Crippen molar-refractivity contribution in [3.8, 4) is 5.75 Å². The van der Waals surface area contributed by atoms with Gasteiger partial charge in [-0.1, -0.05) is 11.6 Å². The van der Waals surface area contributed by atoms with Crippen LogP contribution in [0.4, 0.5) is 0 Å². The second-order valence-electron chi connectivity index (χ2n) is 4.80. The van der Waals surface area contributed by atoms with Crippen LogP contribution < -0.4 is 10.5 Å². The molecule has 0 radical (unpaired) electrons. The van der Waals surface area contributed by atoms with Crippen molar-refractivity contribution in [2.24, 2.45) is 5.73 Å². The number of benzene rings is 1. The first-order chi connectivity index (χ1) is 9.11. The molecule has 4 nitrogen and oxygen atoms in total. The Labute approximate surface area is 118 Å². The molecule has 0 bridgehead atoms. The van der Waals surface area contributed by atoms with Crippen molar-refractivity contribution in [2.75, 3.05) is 20.3 Å². The zero-order valence-electron chi connectivity index (χ0n) is 11.3. The van der Waals surface area contributed by atoms with Crippen molar-refractivity contribution in [3.05, 3.63) is 28.8 Å². The third-order valence-electron chi connectivity index (χ3n) is 3.31. The maximum Gasteiger partial charge on any atom is 0.128 e. The van der Waals surface area contributed by atoms with Crippen LogP contribution in [-0.4, -0.2) is 38.6 Å². The molecule has 1 fully saturated rings. The van der Waals surface area contributed by atoms with Gasteiger partial charge >= 0.3 is 0 Å². The van der Waals surface area contributed by atoms with Gasteiger partial charge in [-0.05, 0) is 30.7 Å². The molecule has 0 saturated heterocycles. The van der Waals surface area contributed by atoms with E-state index in [2.05, 4.69) is 0 Å². The van der Waals surface area contributed by atoms with Crippen molar-refractivity contribution in [1.82, 2.24) is 0 Å². The van der Waals surface area contributed by atoms with Crippen molar-refractivity contribution >= 4 is 11.6 Å². The van der Waals surface area contributed by atoms with Gasteiger partial charge in [-0.25, -0.2) is 0 Å². The average Bonchev–Trinajstić information content (AvgIpc) is 2.38. The van der Waals surface area contributed by atoms with Gasteiger partial charge in [-0.15, -0.1) is 0 Å². The van der Waals surface area contributed by atoms with Crippen LogP contribution in [0, 0.1) is 6.92 Å². The van der Waals surface area contributed by atoms with E-state index in [1.165, 1.54) is 0 Å². The minimum Gasteiger partial charge on any atom is -0.488 e. The lowest BCUT2D eigenvalue weighted by atomic mass is 9.86. The molecule has 0 aromatic heterocycles. The van der Waals surface area contributed by atoms with Crippen LogP contribution in [0.25, 0.3) is 0 Å². The molecule has 0 aliphatic heterocycles. The fourth-order valence-corrected chi connectivity index (χ4v) is 2.21. The second kappa shape index (κ2) is 6.57. The minimum absolute atomic E-state index is 0.00688. The number of rotatable bonds is 6. The first kappa shape index (κ1) is 14.6. The summed E-state index contributed by atoms with van der Waals surface area (Å²) in [7, 11) is 1.65. The summed E-state index contributed by atoms with van der Waals surface area (Å²) in [5.41, 5.74) is 6.94. The van der Waals surface area contributed by atoms with E-state index in [9.17, 15) is 0 Å². The fourth-order valence-electron chi connectivity index (χ4n) is 2.10. The van der Waals surface area contributed by atoms with Gasteiger partial charge in [0.2, 0.25) is 0 Å². The van der Waals surface area contributed by atoms with Crippen molar-refractivity contribution in [2.45, 2.75) is 31.6 Å². The molecule has 2 N–H and O–H groups in total. The summed E-state index contributed by atoms with van der Waals surface area (Å²) in [6, 6.07) is 5.67. The number of aryl methyl sites for hydroxylation is 1. The highest BCUT2D eigenvalue weighted by molar-refractivity contribution is 6.31. The Morgan fingerprint density at radius 2 is 2.16 bits per heavy atom. The molecule has 0 amide bonds. The Bertz CT molecular complexity index is 427. The van der Waals surface area contributed by atoms with Gasteiger partial charge in [0.1, 0.15) is 18.0 Å². The van der Waals surface area contributed by atoms with Crippen molar-refractivity contribution in [3.63, 3.8) is 0 Å². The highest BCUT2D eigenvalue weighted by atomic mass is 35.5. The third kappa shape index (κ3) is 3.60. The van der Waals surface area contributed by atoms with E-state index < -0.39 is 0 Å². The van der Waals surface area contributed by atoms with Crippen molar-refractivity contribution < 1.29 is 14.2 Å². The number of methoxy groups -OCH3 is 1. The SMILES string of the molecule is COCCOC1C(N)CC1Oc1ccc(Cl)c(C)c1. The molecule has 0 heterocycles. The summed E-state index contributed by atoms with van der Waals surface area (Å²) in [6.07, 6.45) is 0.748. The van der Waals surface area contributed by atoms with Crippen LogP contribution in [-0.2, 0) is 9.47 Å². The number of hydrogen-bond acceptors (Lipinski definition) is 4. The lowest BCUT2D eigenvalue weighted by Crippen LogP contribution is -2.59. The summed E-state index contributed by atoms with van der Waals surface area (Å²) >= 11 is 5.99. The molecule has 3 atom stereocenters. The molecule has 1 aliphatic carbocycles. The van der Waals surface area contributed by atoms with E-state index in [4.69, 9.17) is 31.5 Å². The van der Waals surface area contributed by atoms with Gasteiger partial charge in [-0.2, -0.15) is 0 Å². The van der Waals surface area contributed by atoms with E-state index in [1.807, 2.05) is 25.1 Å². The summed E-state index contributed by atoms with van der Waals surface area (Å²) in [6.45, 7) is 3.05. The highest BCUT2D eigenvalue weighted by Crippen LogP contribution is 2.29. The van der Waals surface area contributed by atoms with E-state index in [1.54, 1.807) is 7.11 Å². The van der Waals surface area contributed by atoms with Crippen LogP contribution in [0.15, 0.2) is 18.2 Å². The molecule has 2 rings (SSSR count). The maximum absolute atomic E-state index is 5.99. The molecule has 5 heteroatoms. The highest BCUT2D eigenvalue weighted by Gasteiger charge is 2.41. The summed E-state index contributed by atoms with van der Waals surface area (Å²) in [5, 5.41) is 0.741. The largest absolute Gasteiger partial charge is 0.488 e. The third-order valence-corrected chi connectivity index (χ3v) is 3.73. The van der Waals surface area contributed by atoms with Crippen molar-refractivity contribution in [1.29, 1.82) is 0 Å². The Morgan fingerprint density at radius 1 is 1.37 bits per heavy atom. The zero-order valence-corrected chi connectivity index (χ0v) is 12.0. The summed E-state index contributed by atoms with van der Waals surface area (Å²) in [4.78, 5) is 0. The number of hydrogen-bond donors (Lipinski definition) is 1. The standard InChI is InChI=1S/C14H20ClNO3/c1-9-7-10(3-4-11(9)15)19-13-8-12(16)14(13)18-6-5-17-2/h3-4,7,12-14H,5-6,8,16H2,1-2H3. The molecule has 19 heavy (non-hydrogen) atoms. The molecule has 1 saturated carbocycles. The second-order valence-corrected chi connectivity index (χ2v) is 5.20. The van der Waals surface area contributed by atoms with Gasteiger partial charge in [0.15, 0.2) is 0 Å². The predicted molar refractivity (Wildman–Crippen MR) is 74.8 cm³/mol. The molecule has 0 spiro atoms. The van der Waals surface area contributed by atoms with E-state index in [0.29, 0.717) is 13.2 Å². The quantitative estimate of drug-likeness (QED) is 0.814. The fraction of sp³-hybridized carbons (Fsp3) is 0.571. The summed E-state index contributed by atoms with van der Waals surface area (Å²) < 4.78 is 16.5. The Balaban J connectivity index is 1.89. The smallest absolute Gasteiger partial charge is 0.128 e. The number of nitrogens with two attached hydrogens (primary N) is 1. The van der Waals surface area contributed by atoms with Crippen LogP contribution in [0.5, 0.6) is 5.75 Å². The van der Waals surface area contributed by atoms with Crippen LogP contribution in [0.3, 0.4) is 0 Å². The first-order valence-electron chi connectivity index (χ1n) is 6.40. The lowest BCUT2D eigenvalue weighted by molar-refractivity contribution is -0.107. The number of halogens is 1. The molecular weight excluding hydrogens is 266 g/mol. The van der Waals surface area contributed by atoms with Gasteiger partial charge in [0.05, 0.1) is 13.2 Å².